The topological polar surface area (TPSA) is 74.3 Å². The van der Waals surface area contributed by atoms with Crippen LogP contribution >= 0.6 is 23.4 Å². The first kappa shape index (κ1) is 26.4. The number of ether oxygens (including phenoxy) is 4. The molecule has 0 radical (unpaired) electrons. The summed E-state index contributed by atoms with van der Waals surface area (Å²) >= 11 is 6.84. The zero-order chi connectivity index (χ0) is 26.2. The van der Waals surface area contributed by atoms with Crippen LogP contribution in [0.5, 0.6) is 23.0 Å². The maximum atomic E-state index is 12.9. The molecule has 3 aromatic rings. The largest absolute Gasteiger partial charge is 0.493 e. The second kappa shape index (κ2) is 12.6. The average molecular weight is 540 g/mol. The molecule has 7 nitrogen and oxygen atoms in total. The Morgan fingerprint density at radius 3 is 2.35 bits per heavy atom. The number of imide groups is 1. The minimum absolute atomic E-state index is 0.127. The molecule has 2 amide bonds. The summed E-state index contributed by atoms with van der Waals surface area (Å²) in [6, 6.07) is 20.0. The van der Waals surface area contributed by atoms with Crippen LogP contribution in [0.25, 0.3) is 6.08 Å². The summed E-state index contributed by atoms with van der Waals surface area (Å²) in [5.41, 5.74) is 1.69. The van der Waals surface area contributed by atoms with Gasteiger partial charge in [-0.3, -0.25) is 14.5 Å². The van der Waals surface area contributed by atoms with E-state index in [1.165, 1.54) is 4.90 Å². The molecule has 3 aromatic carbocycles. The van der Waals surface area contributed by atoms with Gasteiger partial charge in [-0.25, -0.2) is 0 Å². The first-order valence-electron chi connectivity index (χ1n) is 11.6. The summed E-state index contributed by atoms with van der Waals surface area (Å²) in [4.78, 5) is 26.9. The van der Waals surface area contributed by atoms with Crippen LogP contribution in [0.2, 0.25) is 5.02 Å². The molecule has 0 saturated carbocycles. The molecule has 1 heterocycles. The molecule has 1 aliphatic rings. The maximum Gasteiger partial charge on any atom is 0.293 e. The Kier molecular flexibility index (Phi) is 8.98. The Balaban J connectivity index is 1.41. The molecule has 1 fully saturated rings. The molecule has 0 aromatic heterocycles. The van der Waals surface area contributed by atoms with Gasteiger partial charge in [0.05, 0.1) is 25.2 Å². The molecule has 0 spiro atoms. The van der Waals surface area contributed by atoms with Crippen molar-refractivity contribution in [3.05, 3.63) is 87.8 Å². The van der Waals surface area contributed by atoms with Crippen LogP contribution in [0.3, 0.4) is 0 Å². The van der Waals surface area contributed by atoms with Crippen LogP contribution in [0.4, 0.5) is 4.79 Å². The van der Waals surface area contributed by atoms with Crippen LogP contribution in [-0.4, -0.2) is 42.9 Å². The number of nitrogens with zero attached hydrogens (tertiary/aromatic N) is 1. The number of amides is 2. The number of carbonyl (C=O) groups excluding carboxylic acids is 2. The second-order valence-electron chi connectivity index (χ2n) is 7.89. The highest BCUT2D eigenvalue weighted by molar-refractivity contribution is 8.18. The van der Waals surface area contributed by atoms with Crippen LogP contribution in [0.1, 0.15) is 18.1 Å². The third-order valence-electron chi connectivity index (χ3n) is 5.39. The predicted molar refractivity (Wildman–Crippen MR) is 145 cm³/mol. The lowest BCUT2D eigenvalue weighted by Crippen LogP contribution is -2.32. The van der Waals surface area contributed by atoms with Gasteiger partial charge in [0, 0.05) is 5.02 Å². The number of methoxy groups -OCH3 is 1. The van der Waals surface area contributed by atoms with E-state index in [1.807, 2.05) is 49.4 Å². The minimum Gasteiger partial charge on any atom is -0.493 e. The zero-order valence-electron chi connectivity index (χ0n) is 20.4. The highest BCUT2D eigenvalue weighted by Crippen LogP contribution is 2.35. The standard InChI is InChI=1S/C28H26ClNO6S/c1-3-34-25-16-20(10-13-24(25)36-18-19-8-11-21(29)12-9-19)17-26-27(31)30(28(32)37-26)14-15-35-23-7-5-4-6-22(23)33-2/h4-13,16-17H,3,14-15,18H2,1-2H3/b26-17-. The molecule has 0 atom stereocenters. The molecule has 0 aliphatic carbocycles. The molecule has 192 valence electrons. The first-order chi connectivity index (χ1) is 18.0. The van der Waals surface area contributed by atoms with Gasteiger partial charge in [0.15, 0.2) is 23.0 Å². The first-order valence-corrected chi connectivity index (χ1v) is 12.8. The summed E-state index contributed by atoms with van der Waals surface area (Å²) in [6.45, 7) is 2.96. The molecule has 37 heavy (non-hydrogen) atoms. The van der Waals surface area contributed by atoms with Crippen molar-refractivity contribution < 1.29 is 28.5 Å². The number of carbonyl (C=O) groups is 2. The smallest absolute Gasteiger partial charge is 0.293 e. The van der Waals surface area contributed by atoms with E-state index in [4.69, 9.17) is 30.5 Å². The zero-order valence-corrected chi connectivity index (χ0v) is 22.0. The number of thioether (sulfide) groups is 1. The number of halogens is 1. The van der Waals surface area contributed by atoms with Gasteiger partial charge in [-0.2, -0.15) is 0 Å². The molecular formula is C28H26ClNO6S. The second-order valence-corrected chi connectivity index (χ2v) is 9.32. The lowest BCUT2D eigenvalue weighted by molar-refractivity contribution is -0.123. The molecule has 1 aliphatic heterocycles. The molecule has 0 N–H and O–H groups in total. The SMILES string of the molecule is CCOc1cc(/C=C2\SC(=O)N(CCOc3ccccc3OC)C2=O)ccc1OCc1ccc(Cl)cc1. The molecular weight excluding hydrogens is 514 g/mol. The van der Waals surface area contributed by atoms with Crippen LogP contribution in [-0.2, 0) is 11.4 Å². The van der Waals surface area contributed by atoms with Gasteiger partial charge in [-0.1, -0.05) is 41.9 Å². The Morgan fingerprint density at radius 2 is 1.62 bits per heavy atom. The fourth-order valence-corrected chi connectivity index (χ4v) is 4.56. The monoisotopic (exact) mass is 539 g/mol. The fourth-order valence-electron chi connectivity index (χ4n) is 3.57. The average Bonchev–Trinajstić information content (AvgIpc) is 3.17. The van der Waals surface area contributed by atoms with E-state index in [9.17, 15) is 9.59 Å². The molecule has 0 bridgehead atoms. The van der Waals surface area contributed by atoms with Crippen LogP contribution in [0, 0.1) is 0 Å². The van der Waals surface area contributed by atoms with Crippen molar-refractivity contribution in [1.82, 2.24) is 4.90 Å². The molecule has 9 heteroatoms. The van der Waals surface area contributed by atoms with Crippen molar-refractivity contribution in [2.75, 3.05) is 26.9 Å². The van der Waals surface area contributed by atoms with Gasteiger partial charge >= 0.3 is 0 Å². The van der Waals surface area contributed by atoms with Crippen LogP contribution in [0.15, 0.2) is 71.6 Å². The third-order valence-corrected chi connectivity index (χ3v) is 6.55. The van der Waals surface area contributed by atoms with Gasteiger partial charge in [0.1, 0.15) is 13.2 Å². The number of benzene rings is 3. The predicted octanol–water partition coefficient (Wildman–Crippen LogP) is 6.44. The van der Waals surface area contributed by atoms with E-state index in [2.05, 4.69) is 0 Å². The maximum absolute atomic E-state index is 12.9. The van der Waals surface area contributed by atoms with Crippen molar-refractivity contribution >= 4 is 40.6 Å². The summed E-state index contributed by atoms with van der Waals surface area (Å²) in [5, 5.41) is 0.323. The Labute approximate surface area is 224 Å². The van der Waals surface area contributed by atoms with Crippen LogP contribution < -0.4 is 18.9 Å². The number of hydrogen-bond donors (Lipinski definition) is 0. The molecule has 0 unspecified atom stereocenters. The minimum atomic E-state index is -0.361. The van der Waals surface area contributed by atoms with Crippen molar-refractivity contribution in [3.8, 4) is 23.0 Å². The van der Waals surface area contributed by atoms with E-state index < -0.39 is 0 Å². The fraction of sp³-hybridized carbons (Fsp3) is 0.214. The summed E-state index contributed by atoms with van der Waals surface area (Å²) in [7, 11) is 1.55. The number of para-hydroxylation sites is 2. The summed E-state index contributed by atoms with van der Waals surface area (Å²) in [5.74, 6) is 1.90. The summed E-state index contributed by atoms with van der Waals surface area (Å²) in [6.07, 6.45) is 1.68. The van der Waals surface area contributed by atoms with E-state index in [-0.39, 0.29) is 24.3 Å². The van der Waals surface area contributed by atoms with Crippen molar-refractivity contribution in [3.63, 3.8) is 0 Å². The molecule has 1 saturated heterocycles. The van der Waals surface area contributed by atoms with E-state index in [0.29, 0.717) is 46.1 Å². The van der Waals surface area contributed by atoms with Gasteiger partial charge < -0.3 is 18.9 Å². The highest BCUT2D eigenvalue weighted by Gasteiger charge is 2.34. The lowest BCUT2D eigenvalue weighted by Gasteiger charge is -2.14. The van der Waals surface area contributed by atoms with Gasteiger partial charge in [-0.15, -0.1) is 0 Å². The van der Waals surface area contributed by atoms with E-state index in [0.717, 1.165) is 22.9 Å². The quantitative estimate of drug-likeness (QED) is 0.259. The van der Waals surface area contributed by atoms with Crippen molar-refractivity contribution in [2.24, 2.45) is 0 Å². The number of rotatable bonds is 11. The van der Waals surface area contributed by atoms with Gasteiger partial charge in [-0.05, 0) is 72.3 Å². The highest BCUT2D eigenvalue weighted by atomic mass is 35.5. The Hall–Kier alpha value is -3.62. The van der Waals surface area contributed by atoms with Gasteiger partial charge in [0.25, 0.3) is 11.1 Å². The molecule has 4 rings (SSSR count). The van der Waals surface area contributed by atoms with Gasteiger partial charge in [0.2, 0.25) is 0 Å². The van der Waals surface area contributed by atoms with E-state index in [1.54, 1.807) is 37.5 Å². The lowest BCUT2D eigenvalue weighted by atomic mass is 10.1. The number of hydrogen-bond acceptors (Lipinski definition) is 7. The van der Waals surface area contributed by atoms with E-state index >= 15 is 0 Å². The normalized spacial score (nSPS) is 14.2. The Bertz CT molecular complexity index is 1290. The van der Waals surface area contributed by atoms with Crippen molar-refractivity contribution in [1.29, 1.82) is 0 Å². The van der Waals surface area contributed by atoms with Crippen molar-refractivity contribution in [2.45, 2.75) is 13.5 Å². The summed E-state index contributed by atoms with van der Waals surface area (Å²) < 4.78 is 22.7. The third kappa shape index (κ3) is 6.78. The Morgan fingerprint density at radius 1 is 0.892 bits per heavy atom.